The summed E-state index contributed by atoms with van der Waals surface area (Å²) < 4.78 is 2.31. The smallest absolute Gasteiger partial charge is 0.219 e. The van der Waals surface area contributed by atoms with Crippen LogP contribution < -0.4 is 16.0 Å². The van der Waals surface area contributed by atoms with Crippen LogP contribution in [0.4, 0.5) is 11.4 Å². The highest BCUT2D eigenvalue weighted by Gasteiger charge is 2.42. The molecule has 0 aromatic heterocycles. The van der Waals surface area contributed by atoms with Gasteiger partial charge in [0.1, 0.15) is 7.05 Å². The lowest BCUT2D eigenvalue weighted by atomic mass is 9.81. The van der Waals surface area contributed by atoms with Crippen molar-refractivity contribution in [1.82, 2.24) is 5.32 Å². The fraction of sp³-hybridized carbons (Fsp3) is 0.474. The molecule has 0 aliphatic carbocycles. The van der Waals surface area contributed by atoms with Crippen LogP contribution in [0.5, 0.6) is 0 Å². The Labute approximate surface area is 260 Å². The minimum absolute atomic E-state index is 0.0227. The molecule has 0 atom stereocenters. The molecule has 0 radical (unpaired) electrons. The van der Waals surface area contributed by atoms with Crippen LogP contribution in [0.3, 0.4) is 0 Å². The van der Waals surface area contributed by atoms with Crippen molar-refractivity contribution in [3.63, 3.8) is 0 Å². The van der Waals surface area contributed by atoms with Gasteiger partial charge in [0.15, 0.2) is 5.71 Å². The number of unbranched alkanes of at least 4 members (excludes halogenated alkanes) is 5. The van der Waals surface area contributed by atoms with Gasteiger partial charge in [-0.2, -0.15) is 4.58 Å². The lowest BCUT2D eigenvalue weighted by molar-refractivity contribution is -0.401. The number of rotatable bonds is 15. The maximum Gasteiger partial charge on any atom is 0.219 e. The number of anilines is 1. The van der Waals surface area contributed by atoms with Gasteiger partial charge in [0.2, 0.25) is 11.6 Å². The Bertz CT molecular complexity index is 1380. The van der Waals surface area contributed by atoms with Crippen molar-refractivity contribution in [3.05, 3.63) is 95.7 Å². The Morgan fingerprint density at radius 2 is 1.53 bits per heavy atom. The molecule has 230 valence electrons. The molecule has 2 aromatic rings. The van der Waals surface area contributed by atoms with E-state index in [0.717, 1.165) is 64.6 Å². The third-order valence-corrected chi connectivity index (χ3v) is 9.21. The van der Waals surface area contributed by atoms with Crippen molar-refractivity contribution in [3.8, 4) is 0 Å². The van der Waals surface area contributed by atoms with Crippen molar-refractivity contribution in [2.75, 3.05) is 31.6 Å². The van der Waals surface area contributed by atoms with Gasteiger partial charge in [0.05, 0.1) is 5.41 Å². The van der Waals surface area contributed by atoms with Crippen molar-refractivity contribution in [2.24, 2.45) is 5.73 Å². The van der Waals surface area contributed by atoms with E-state index >= 15 is 0 Å². The molecule has 2 aliphatic rings. The van der Waals surface area contributed by atoms with E-state index in [1.165, 1.54) is 33.9 Å². The quantitative estimate of drug-likeness (QED) is 0.129. The van der Waals surface area contributed by atoms with Crippen LogP contribution in [-0.4, -0.2) is 42.9 Å². The molecule has 5 heteroatoms. The molecule has 2 aliphatic heterocycles. The molecule has 0 saturated heterocycles. The molecular formula is C38H53N4O+. The first-order valence-corrected chi connectivity index (χ1v) is 16.3. The van der Waals surface area contributed by atoms with E-state index in [-0.39, 0.29) is 16.7 Å². The normalized spacial score (nSPS) is 17.8. The molecule has 2 aromatic carbocycles. The summed E-state index contributed by atoms with van der Waals surface area (Å²) in [6.07, 6.45) is 19.1. The second kappa shape index (κ2) is 14.8. The number of carbonyl (C=O) groups excluding carboxylic acids is 1. The first-order chi connectivity index (χ1) is 20.7. The SMILES string of the molecule is C[N+]1=C(/C=C/C=C/C=C2/N(CCCCCC(=O)NCCCCCCN)c3ccccc3C2(C)C)C(C)(C)c2ccccc21. The molecule has 5 nitrogen and oxygen atoms in total. The maximum absolute atomic E-state index is 12.3. The molecular weight excluding hydrogens is 528 g/mol. The summed E-state index contributed by atoms with van der Waals surface area (Å²) in [7, 11) is 2.16. The number of fused-ring (bicyclic) bond motifs is 2. The van der Waals surface area contributed by atoms with Crippen LogP contribution >= 0.6 is 0 Å². The van der Waals surface area contributed by atoms with E-state index in [1.807, 2.05) is 0 Å². The van der Waals surface area contributed by atoms with Gasteiger partial charge < -0.3 is 16.0 Å². The lowest BCUT2D eigenvalue weighted by Gasteiger charge is -2.27. The average molecular weight is 582 g/mol. The Morgan fingerprint density at radius 3 is 2.30 bits per heavy atom. The first-order valence-electron chi connectivity index (χ1n) is 16.3. The Kier molecular flexibility index (Phi) is 11.2. The van der Waals surface area contributed by atoms with Gasteiger partial charge in [0.25, 0.3) is 0 Å². The highest BCUT2D eigenvalue weighted by Crippen LogP contribution is 2.47. The van der Waals surface area contributed by atoms with Crippen LogP contribution in [0.15, 0.2) is 84.6 Å². The molecule has 4 rings (SSSR count). The van der Waals surface area contributed by atoms with Crippen LogP contribution in [0.1, 0.15) is 90.2 Å². The van der Waals surface area contributed by atoms with Gasteiger partial charge in [-0.05, 0) is 63.8 Å². The maximum atomic E-state index is 12.3. The molecule has 43 heavy (non-hydrogen) atoms. The Balaban J connectivity index is 1.34. The fourth-order valence-electron chi connectivity index (χ4n) is 6.71. The van der Waals surface area contributed by atoms with Crippen LogP contribution in [0.25, 0.3) is 0 Å². The number of allylic oxidation sites excluding steroid dienone is 6. The van der Waals surface area contributed by atoms with Crippen molar-refractivity contribution in [1.29, 1.82) is 0 Å². The highest BCUT2D eigenvalue weighted by atomic mass is 16.1. The van der Waals surface area contributed by atoms with Crippen LogP contribution in [0, 0.1) is 0 Å². The van der Waals surface area contributed by atoms with Crippen molar-refractivity contribution < 1.29 is 9.37 Å². The summed E-state index contributed by atoms with van der Waals surface area (Å²) in [5, 5.41) is 3.08. The van der Waals surface area contributed by atoms with Gasteiger partial charge >= 0.3 is 0 Å². The van der Waals surface area contributed by atoms with Crippen molar-refractivity contribution in [2.45, 2.75) is 89.9 Å². The topological polar surface area (TPSA) is 61.4 Å². The summed E-state index contributed by atoms with van der Waals surface area (Å²) in [5.41, 5.74) is 13.4. The van der Waals surface area contributed by atoms with Crippen molar-refractivity contribution >= 4 is 23.0 Å². The number of hydrogen-bond acceptors (Lipinski definition) is 3. The van der Waals surface area contributed by atoms with Gasteiger partial charge in [0, 0.05) is 54.0 Å². The molecule has 1 amide bonds. The largest absolute Gasteiger partial charge is 0.356 e. The fourth-order valence-corrected chi connectivity index (χ4v) is 6.71. The summed E-state index contributed by atoms with van der Waals surface area (Å²) in [4.78, 5) is 14.7. The van der Waals surface area contributed by atoms with Crippen LogP contribution in [0.2, 0.25) is 0 Å². The molecule has 0 fully saturated rings. The zero-order valence-corrected chi connectivity index (χ0v) is 27.2. The van der Waals surface area contributed by atoms with Gasteiger partial charge in [-0.25, -0.2) is 0 Å². The lowest BCUT2D eigenvalue weighted by Crippen LogP contribution is -2.27. The van der Waals surface area contributed by atoms with E-state index in [4.69, 9.17) is 5.73 Å². The number of carbonyl (C=O) groups is 1. The predicted molar refractivity (Wildman–Crippen MR) is 182 cm³/mol. The van der Waals surface area contributed by atoms with E-state index in [9.17, 15) is 4.79 Å². The Hall–Kier alpha value is -3.44. The number of para-hydroxylation sites is 2. The molecule has 0 spiro atoms. The number of nitrogens with two attached hydrogens (primary N) is 1. The second-order valence-corrected chi connectivity index (χ2v) is 13.0. The van der Waals surface area contributed by atoms with Crippen LogP contribution in [-0.2, 0) is 15.6 Å². The van der Waals surface area contributed by atoms with E-state index < -0.39 is 0 Å². The van der Waals surface area contributed by atoms with E-state index in [2.05, 4.69) is 128 Å². The van der Waals surface area contributed by atoms with E-state index in [1.54, 1.807) is 0 Å². The average Bonchev–Trinajstić information content (AvgIpc) is 3.33. The zero-order chi connectivity index (χ0) is 30.9. The van der Waals surface area contributed by atoms with Gasteiger partial charge in [-0.15, -0.1) is 0 Å². The minimum Gasteiger partial charge on any atom is -0.356 e. The minimum atomic E-state index is -0.0707. The molecule has 3 N–H and O–H groups in total. The highest BCUT2D eigenvalue weighted by molar-refractivity contribution is 6.03. The monoisotopic (exact) mass is 581 g/mol. The standard InChI is InChI=1S/C38H52N4O/c1-37(2)30-20-13-15-22-32(30)41(5)34(37)24-10-8-11-25-35-38(3,4)31-21-14-16-23-33(31)42(35)29-19-9-12-26-36(43)40-28-18-7-6-17-27-39/h8,10-11,13-16,20-25H,6-7,9,12,17-19,26-29,39H2,1-5H3/p+1. The number of benzene rings is 2. The zero-order valence-electron chi connectivity index (χ0n) is 27.2. The third-order valence-electron chi connectivity index (χ3n) is 9.21. The first kappa shape index (κ1) is 32.5. The summed E-state index contributed by atoms with van der Waals surface area (Å²) in [6, 6.07) is 17.5. The third kappa shape index (κ3) is 7.56. The molecule has 0 saturated carbocycles. The van der Waals surface area contributed by atoms with E-state index in [0.29, 0.717) is 6.42 Å². The number of amides is 1. The predicted octanol–water partition coefficient (Wildman–Crippen LogP) is 7.68. The number of nitrogens with zero attached hydrogens (tertiary/aromatic N) is 2. The van der Waals surface area contributed by atoms with Gasteiger partial charge in [-0.1, -0.05) is 87.7 Å². The number of nitrogens with one attached hydrogen (secondary N) is 1. The molecule has 2 heterocycles. The second-order valence-electron chi connectivity index (χ2n) is 13.0. The summed E-state index contributed by atoms with van der Waals surface area (Å²) in [6.45, 7) is 11.7. The molecule has 0 unspecified atom stereocenters. The number of hydrogen-bond donors (Lipinski definition) is 2. The van der Waals surface area contributed by atoms with Gasteiger partial charge in [-0.3, -0.25) is 4.79 Å². The summed E-state index contributed by atoms with van der Waals surface area (Å²) in [5.74, 6) is 0.180. The summed E-state index contributed by atoms with van der Waals surface area (Å²) >= 11 is 0. The Morgan fingerprint density at radius 1 is 0.837 bits per heavy atom. The molecule has 0 bridgehead atoms.